The Morgan fingerprint density at radius 3 is 2.61 bits per heavy atom. The van der Waals surface area contributed by atoms with E-state index in [1.807, 2.05) is 31.2 Å². The van der Waals surface area contributed by atoms with Crippen molar-refractivity contribution in [2.75, 3.05) is 13.1 Å². The molecule has 1 aliphatic rings. The first-order valence-electron chi connectivity index (χ1n) is 9.39. The molecule has 1 saturated heterocycles. The summed E-state index contributed by atoms with van der Waals surface area (Å²) >= 11 is 0. The van der Waals surface area contributed by atoms with Crippen LogP contribution >= 0.6 is 0 Å². The zero-order chi connectivity index (χ0) is 20.1. The zero-order valence-corrected chi connectivity index (χ0v) is 16.7. The number of hydrogen-bond donors (Lipinski definition) is 1. The molecule has 1 atom stereocenters. The van der Waals surface area contributed by atoms with Crippen LogP contribution in [0.1, 0.15) is 29.5 Å². The molecule has 1 N–H and O–H groups in total. The summed E-state index contributed by atoms with van der Waals surface area (Å²) in [6, 6.07) is 13.3. The molecule has 0 radical (unpaired) electrons. The summed E-state index contributed by atoms with van der Waals surface area (Å²) in [6.07, 6.45) is 1.31. The van der Waals surface area contributed by atoms with Gasteiger partial charge in [0.25, 0.3) is 0 Å². The first-order chi connectivity index (χ1) is 13.3. The molecule has 1 heterocycles. The number of carbonyl (C=O) groups is 1. The van der Waals surface area contributed by atoms with Crippen molar-refractivity contribution in [1.82, 2.24) is 9.62 Å². The molecule has 0 saturated carbocycles. The highest BCUT2D eigenvalue weighted by Crippen LogP contribution is 2.22. The second-order valence-corrected chi connectivity index (χ2v) is 9.19. The number of rotatable bonds is 6. The fraction of sp³-hybridized carbons (Fsp3) is 0.381. The van der Waals surface area contributed by atoms with E-state index in [0.717, 1.165) is 11.1 Å². The first-order valence-corrected chi connectivity index (χ1v) is 11.0. The average Bonchev–Trinajstić information content (AvgIpc) is 2.69. The van der Waals surface area contributed by atoms with Crippen LogP contribution in [0.2, 0.25) is 0 Å². The lowest BCUT2D eigenvalue weighted by Crippen LogP contribution is -2.45. The van der Waals surface area contributed by atoms with Crippen LogP contribution in [0.15, 0.2) is 48.5 Å². The molecule has 0 spiro atoms. The Hall–Kier alpha value is -2.25. The van der Waals surface area contributed by atoms with Gasteiger partial charge in [-0.15, -0.1) is 0 Å². The predicted octanol–water partition coefficient (Wildman–Crippen LogP) is 2.99. The number of nitrogens with one attached hydrogen (secondary N) is 1. The van der Waals surface area contributed by atoms with Crippen molar-refractivity contribution < 1.29 is 17.6 Å². The van der Waals surface area contributed by atoms with Gasteiger partial charge in [0.2, 0.25) is 15.9 Å². The van der Waals surface area contributed by atoms with Crippen LogP contribution in [-0.4, -0.2) is 31.7 Å². The molecule has 150 valence electrons. The van der Waals surface area contributed by atoms with Crippen molar-refractivity contribution in [2.45, 2.75) is 32.1 Å². The molecule has 2 aromatic rings. The maximum Gasteiger partial charge on any atom is 0.224 e. The summed E-state index contributed by atoms with van der Waals surface area (Å²) in [5.41, 5.74) is 2.69. The van der Waals surface area contributed by atoms with Crippen LogP contribution in [0, 0.1) is 18.7 Å². The molecule has 1 fully saturated rings. The second-order valence-electron chi connectivity index (χ2n) is 7.22. The number of sulfonamides is 1. The monoisotopic (exact) mass is 404 g/mol. The molecular weight excluding hydrogens is 379 g/mol. The molecular formula is C21H25FN2O3S. The van der Waals surface area contributed by atoms with Gasteiger partial charge in [-0.25, -0.2) is 17.1 Å². The zero-order valence-electron chi connectivity index (χ0n) is 15.9. The predicted molar refractivity (Wildman–Crippen MR) is 106 cm³/mol. The molecule has 0 aliphatic carbocycles. The summed E-state index contributed by atoms with van der Waals surface area (Å²) in [5.74, 6) is -1.07. The Kier molecular flexibility index (Phi) is 6.46. The number of benzene rings is 2. The van der Waals surface area contributed by atoms with Crippen LogP contribution in [0.25, 0.3) is 0 Å². The summed E-state index contributed by atoms with van der Waals surface area (Å²) < 4.78 is 39.9. The highest BCUT2D eigenvalue weighted by molar-refractivity contribution is 7.88. The van der Waals surface area contributed by atoms with Gasteiger partial charge in [-0.3, -0.25) is 4.79 Å². The Balaban J connectivity index is 1.60. The van der Waals surface area contributed by atoms with E-state index in [-0.39, 0.29) is 24.1 Å². The van der Waals surface area contributed by atoms with E-state index >= 15 is 0 Å². The van der Waals surface area contributed by atoms with E-state index in [0.29, 0.717) is 31.5 Å². The second kappa shape index (κ2) is 8.84. The van der Waals surface area contributed by atoms with Gasteiger partial charge >= 0.3 is 0 Å². The first kappa shape index (κ1) is 20.5. The SMILES string of the molecule is Cc1ccccc1CNC(=O)[C@@H]1CCCN(S(=O)(=O)Cc2ccc(F)cc2)C1. The van der Waals surface area contributed by atoms with Gasteiger partial charge in [-0.2, -0.15) is 0 Å². The molecule has 5 nitrogen and oxygen atoms in total. The van der Waals surface area contributed by atoms with E-state index in [2.05, 4.69) is 5.32 Å². The standard InChI is InChI=1S/C21H25FN2O3S/c1-16-5-2-3-6-18(16)13-23-21(25)19-7-4-12-24(14-19)28(26,27)15-17-8-10-20(22)11-9-17/h2-3,5-6,8-11,19H,4,7,12-15H2,1H3,(H,23,25)/t19-/m1/s1. The normalized spacial score (nSPS) is 18.0. The highest BCUT2D eigenvalue weighted by Gasteiger charge is 2.32. The number of nitrogens with zero attached hydrogens (tertiary/aromatic N) is 1. The van der Waals surface area contributed by atoms with E-state index in [9.17, 15) is 17.6 Å². The number of hydrogen-bond acceptors (Lipinski definition) is 3. The van der Waals surface area contributed by atoms with Crippen LogP contribution in [-0.2, 0) is 27.1 Å². The van der Waals surface area contributed by atoms with E-state index in [4.69, 9.17) is 0 Å². The fourth-order valence-corrected chi connectivity index (χ4v) is 5.04. The van der Waals surface area contributed by atoms with Gasteiger partial charge in [0.15, 0.2) is 0 Å². The Labute approximate surface area is 165 Å². The molecule has 0 bridgehead atoms. The largest absolute Gasteiger partial charge is 0.352 e. The Morgan fingerprint density at radius 1 is 1.18 bits per heavy atom. The van der Waals surface area contributed by atoms with E-state index in [1.165, 1.54) is 28.6 Å². The molecule has 1 amide bonds. The summed E-state index contributed by atoms with van der Waals surface area (Å²) in [4.78, 5) is 12.6. The van der Waals surface area contributed by atoms with E-state index in [1.54, 1.807) is 0 Å². The smallest absolute Gasteiger partial charge is 0.224 e. The van der Waals surface area contributed by atoms with Crippen LogP contribution in [0.4, 0.5) is 4.39 Å². The minimum atomic E-state index is -3.56. The van der Waals surface area contributed by atoms with Gasteiger partial charge in [-0.05, 0) is 48.6 Å². The minimum Gasteiger partial charge on any atom is -0.352 e. The van der Waals surface area contributed by atoms with Crippen molar-refractivity contribution in [1.29, 1.82) is 0 Å². The molecule has 2 aromatic carbocycles. The third-order valence-electron chi connectivity index (χ3n) is 5.12. The third-order valence-corrected chi connectivity index (χ3v) is 6.94. The average molecular weight is 405 g/mol. The maximum absolute atomic E-state index is 13.0. The number of aryl methyl sites for hydroxylation is 1. The van der Waals surface area contributed by atoms with Gasteiger partial charge < -0.3 is 5.32 Å². The van der Waals surface area contributed by atoms with Crippen LogP contribution in [0.5, 0.6) is 0 Å². The molecule has 0 unspecified atom stereocenters. The van der Waals surface area contributed by atoms with Crippen molar-refractivity contribution >= 4 is 15.9 Å². The third kappa shape index (κ3) is 5.17. The quantitative estimate of drug-likeness (QED) is 0.805. The number of piperidine rings is 1. The van der Waals surface area contributed by atoms with Gasteiger partial charge in [0.05, 0.1) is 11.7 Å². The lowest BCUT2D eigenvalue weighted by atomic mass is 9.98. The van der Waals surface area contributed by atoms with Crippen LogP contribution < -0.4 is 5.32 Å². The molecule has 3 rings (SSSR count). The van der Waals surface area contributed by atoms with Gasteiger partial charge in [0.1, 0.15) is 5.82 Å². The molecule has 1 aliphatic heterocycles. The van der Waals surface area contributed by atoms with E-state index < -0.39 is 15.8 Å². The lowest BCUT2D eigenvalue weighted by molar-refractivity contribution is -0.126. The number of carbonyl (C=O) groups excluding carboxylic acids is 1. The minimum absolute atomic E-state index is 0.120. The Morgan fingerprint density at radius 2 is 1.89 bits per heavy atom. The van der Waals surface area contributed by atoms with Crippen molar-refractivity contribution in [3.05, 3.63) is 71.0 Å². The molecule has 7 heteroatoms. The molecule has 28 heavy (non-hydrogen) atoms. The highest BCUT2D eigenvalue weighted by atomic mass is 32.2. The summed E-state index contributed by atoms with van der Waals surface area (Å²) in [6.45, 7) is 3.02. The van der Waals surface area contributed by atoms with Crippen molar-refractivity contribution in [3.63, 3.8) is 0 Å². The summed E-state index contributed by atoms with van der Waals surface area (Å²) in [5, 5.41) is 2.94. The fourth-order valence-electron chi connectivity index (χ4n) is 3.43. The van der Waals surface area contributed by atoms with Gasteiger partial charge in [-0.1, -0.05) is 36.4 Å². The van der Waals surface area contributed by atoms with Crippen LogP contribution in [0.3, 0.4) is 0 Å². The summed E-state index contributed by atoms with van der Waals surface area (Å²) in [7, 11) is -3.56. The van der Waals surface area contributed by atoms with Crippen molar-refractivity contribution in [3.8, 4) is 0 Å². The maximum atomic E-state index is 13.0. The lowest BCUT2D eigenvalue weighted by Gasteiger charge is -2.31. The Bertz CT molecular complexity index is 929. The number of amides is 1. The van der Waals surface area contributed by atoms with Gasteiger partial charge in [0, 0.05) is 19.6 Å². The van der Waals surface area contributed by atoms with Crippen molar-refractivity contribution in [2.24, 2.45) is 5.92 Å². The molecule has 0 aromatic heterocycles. The number of halogens is 1. The topological polar surface area (TPSA) is 66.5 Å².